The molecule has 1 N–H and O–H groups in total. The monoisotopic (exact) mass is 290 g/mol. The number of halogens is 1. The van der Waals surface area contributed by atoms with E-state index in [2.05, 4.69) is 10.5 Å². The average Bonchev–Trinajstić information content (AvgIpc) is 2.88. The van der Waals surface area contributed by atoms with Gasteiger partial charge in [0.05, 0.1) is 11.9 Å². The minimum atomic E-state index is -0.277. The summed E-state index contributed by atoms with van der Waals surface area (Å²) in [5.74, 6) is -0.277. The Kier molecular flexibility index (Phi) is 4.42. The van der Waals surface area contributed by atoms with Crippen LogP contribution in [0.5, 0.6) is 0 Å². The molecule has 2 rings (SSSR count). The number of aromatic nitrogens is 1. The second-order valence-corrected chi connectivity index (χ2v) is 4.77. The maximum Gasteiger partial charge on any atom is 0.271 e. The fourth-order valence-electron chi connectivity index (χ4n) is 1.67. The van der Waals surface area contributed by atoms with Gasteiger partial charge in [0.1, 0.15) is 0 Å². The molecule has 2 aromatic rings. The molecule has 1 amide bonds. The number of hydrogen-bond donors (Lipinski definition) is 1. The molecular weight excluding hydrogens is 276 g/mol. The molecule has 6 heteroatoms. The Morgan fingerprint density at radius 2 is 2.00 bits per heavy atom. The van der Waals surface area contributed by atoms with E-state index in [0.29, 0.717) is 10.6 Å². The van der Waals surface area contributed by atoms with Crippen LogP contribution in [0.2, 0.25) is 5.02 Å². The Labute approximate surface area is 122 Å². The highest BCUT2D eigenvalue weighted by atomic mass is 35.5. The van der Waals surface area contributed by atoms with Crippen LogP contribution in [-0.2, 0) is 0 Å². The molecule has 104 valence electrons. The van der Waals surface area contributed by atoms with Crippen molar-refractivity contribution < 1.29 is 4.79 Å². The average molecular weight is 291 g/mol. The highest BCUT2D eigenvalue weighted by Crippen LogP contribution is 2.09. The number of rotatable bonds is 4. The Morgan fingerprint density at radius 1 is 1.30 bits per heavy atom. The van der Waals surface area contributed by atoms with Gasteiger partial charge in [-0.1, -0.05) is 11.6 Å². The number of nitrogens with zero attached hydrogens (tertiary/aromatic N) is 3. The minimum absolute atomic E-state index is 0.277. The quantitative estimate of drug-likeness (QED) is 0.692. The molecule has 0 radical (unpaired) electrons. The minimum Gasteiger partial charge on any atom is -0.319 e. The maximum absolute atomic E-state index is 11.8. The molecule has 0 fully saturated rings. The van der Waals surface area contributed by atoms with Gasteiger partial charge in [-0.2, -0.15) is 5.10 Å². The molecule has 0 bridgehead atoms. The van der Waals surface area contributed by atoms with Gasteiger partial charge in [0, 0.05) is 30.9 Å². The lowest BCUT2D eigenvalue weighted by Crippen LogP contribution is -2.26. The molecule has 1 heterocycles. The van der Waals surface area contributed by atoms with Gasteiger partial charge in [0.15, 0.2) is 0 Å². The van der Waals surface area contributed by atoms with Crippen LogP contribution in [0, 0.1) is 0 Å². The van der Waals surface area contributed by atoms with Crippen molar-refractivity contribution >= 4 is 23.7 Å². The third kappa shape index (κ3) is 3.39. The first-order chi connectivity index (χ1) is 9.58. The Bertz CT molecular complexity index is 616. The zero-order valence-electron chi connectivity index (χ0n) is 11.2. The lowest BCUT2D eigenvalue weighted by atomic mass is 10.2. The van der Waals surface area contributed by atoms with E-state index in [1.165, 1.54) is 0 Å². The normalized spacial score (nSPS) is 10.8. The van der Waals surface area contributed by atoms with Crippen LogP contribution in [0.1, 0.15) is 16.1 Å². The zero-order valence-corrected chi connectivity index (χ0v) is 12.0. The maximum atomic E-state index is 11.8. The summed E-state index contributed by atoms with van der Waals surface area (Å²) in [4.78, 5) is 11.8. The second kappa shape index (κ2) is 6.25. The van der Waals surface area contributed by atoms with E-state index in [9.17, 15) is 4.79 Å². The highest BCUT2D eigenvalue weighted by Gasteiger charge is 2.03. The fourth-order valence-corrected chi connectivity index (χ4v) is 1.80. The van der Waals surface area contributed by atoms with E-state index in [-0.39, 0.29) is 5.91 Å². The van der Waals surface area contributed by atoms with Gasteiger partial charge in [-0.25, -0.2) is 5.43 Å². The molecule has 0 aliphatic heterocycles. The van der Waals surface area contributed by atoms with Gasteiger partial charge in [-0.05, 0) is 36.4 Å². The van der Waals surface area contributed by atoms with Crippen molar-refractivity contribution in [3.8, 4) is 0 Å². The van der Waals surface area contributed by atoms with Crippen molar-refractivity contribution in [1.29, 1.82) is 0 Å². The molecule has 20 heavy (non-hydrogen) atoms. The van der Waals surface area contributed by atoms with Crippen LogP contribution < -0.4 is 10.4 Å². The largest absolute Gasteiger partial charge is 0.319 e. The topological polar surface area (TPSA) is 49.6 Å². The fraction of sp³-hybridized carbons (Fsp3) is 0.143. The number of amides is 1. The smallest absolute Gasteiger partial charge is 0.271 e. The number of benzene rings is 1. The third-order valence-electron chi connectivity index (χ3n) is 2.66. The lowest BCUT2D eigenvalue weighted by molar-refractivity contribution is 0.0955. The van der Waals surface area contributed by atoms with Crippen molar-refractivity contribution in [2.75, 3.05) is 19.1 Å². The van der Waals surface area contributed by atoms with E-state index in [4.69, 9.17) is 11.6 Å². The highest BCUT2D eigenvalue weighted by molar-refractivity contribution is 6.30. The zero-order chi connectivity index (χ0) is 14.5. The molecule has 0 saturated heterocycles. The second-order valence-electron chi connectivity index (χ2n) is 4.33. The summed E-state index contributed by atoms with van der Waals surface area (Å²) in [6, 6.07) is 10.4. The van der Waals surface area contributed by atoms with Crippen molar-refractivity contribution in [3.63, 3.8) is 0 Å². The van der Waals surface area contributed by atoms with E-state index in [1.54, 1.807) is 30.5 Å². The number of carbonyl (C=O) groups is 1. The van der Waals surface area contributed by atoms with E-state index in [0.717, 1.165) is 5.69 Å². The Morgan fingerprint density at radius 3 is 2.65 bits per heavy atom. The molecule has 0 atom stereocenters. The first kappa shape index (κ1) is 14.1. The number of carbonyl (C=O) groups excluding carboxylic acids is 1. The molecular formula is C14H15ClN4O. The van der Waals surface area contributed by atoms with Gasteiger partial charge >= 0.3 is 0 Å². The molecule has 1 aromatic heterocycles. The van der Waals surface area contributed by atoms with Crippen LogP contribution >= 0.6 is 11.6 Å². The van der Waals surface area contributed by atoms with Gasteiger partial charge in [-0.15, -0.1) is 0 Å². The summed E-state index contributed by atoms with van der Waals surface area (Å²) in [6.45, 7) is 0. The lowest BCUT2D eigenvalue weighted by Gasteiger charge is -2.15. The number of nitrogens with one attached hydrogen (secondary N) is 1. The van der Waals surface area contributed by atoms with Crippen molar-refractivity contribution in [2.24, 2.45) is 5.10 Å². The summed E-state index contributed by atoms with van der Waals surface area (Å²) in [5.41, 5.74) is 3.85. The Balaban J connectivity index is 2.01. The van der Waals surface area contributed by atoms with Crippen LogP contribution in [-0.4, -0.2) is 30.9 Å². The first-order valence-electron chi connectivity index (χ1n) is 6.02. The summed E-state index contributed by atoms with van der Waals surface area (Å²) in [5, 5.41) is 6.45. The molecule has 0 unspecified atom stereocenters. The summed E-state index contributed by atoms with van der Waals surface area (Å²) in [7, 11) is 3.84. The van der Waals surface area contributed by atoms with Crippen LogP contribution in [0.25, 0.3) is 0 Å². The van der Waals surface area contributed by atoms with Crippen LogP contribution in [0.3, 0.4) is 0 Å². The predicted molar refractivity (Wildman–Crippen MR) is 81.0 cm³/mol. The number of hydrazone groups is 1. The first-order valence-corrected chi connectivity index (χ1v) is 6.39. The SMILES string of the molecule is CN(C)n1cccc1/C=N/NC(=O)c1ccc(Cl)cc1. The van der Waals surface area contributed by atoms with E-state index >= 15 is 0 Å². The van der Waals surface area contributed by atoms with Gasteiger partial charge in [0.25, 0.3) is 5.91 Å². The molecule has 0 spiro atoms. The Hall–Kier alpha value is -2.27. The van der Waals surface area contributed by atoms with Crippen LogP contribution in [0.4, 0.5) is 0 Å². The van der Waals surface area contributed by atoms with Gasteiger partial charge < -0.3 is 5.01 Å². The molecule has 0 aliphatic rings. The van der Waals surface area contributed by atoms with E-state index < -0.39 is 0 Å². The molecule has 5 nitrogen and oxygen atoms in total. The number of hydrogen-bond acceptors (Lipinski definition) is 3. The summed E-state index contributed by atoms with van der Waals surface area (Å²) < 4.78 is 1.90. The van der Waals surface area contributed by atoms with Crippen LogP contribution in [0.15, 0.2) is 47.7 Å². The molecule has 1 aromatic carbocycles. The standard InChI is InChI=1S/C14H15ClN4O/c1-18(2)19-9-3-4-13(19)10-16-17-14(20)11-5-7-12(15)8-6-11/h3-10H,1-2H3,(H,17,20)/b16-10+. The van der Waals surface area contributed by atoms with Gasteiger partial charge in [-0.3, -0.25) is 9.47 Å². The molecule has 0 saturated carbocycles. The summed E-state index contributed by atoms with van der Waals surface area (Å²) in [6.07, 6.45) is 3.50. The predicted octanol–water partition coefficient (Wildman–Crippen LogP) is 2.10. The van der Waals surface area contributed by atoms with Crippen molar-refractivity contribution in [2.45, 2.75) is 0 Å². The van der Waals surface area contributed by atoms with Crippen molar-refractivity contribution in [1.82, 2.24) is 10.1 Å². The summed E-state index contributed by atoms with van der Waals surface area (Å²) >= 11 is 5.77. The van der Waals surface area contributed by atoms with E-state index in [1.807, 2.05) is 42.1 Å². The van der Waals surface area contributed by atoms with Gasteiger partial charge in [0.2, 0.25) is 0 Å². The molecule has 0 aliphatic carbocycles. The van der Waals surface area contributed by atoms with Crippen molar-refractivity contribution in [3.05, 3.63) is 58.9 Å². The third-order valence-corrected chi connectivity index (χ3v) is 2.91.